The van der Waals surface area contributed by atoms with Gasteiger partial charge < -0.3 is 10.2 Å². The maximum Gasteiger partial charge on any atom is 0.264 e. The standard InChI is InChI=1S/C19H24IN3O3S/c1-22(2)14-6-13-21-19(24)15-23(17-11-9-16(20)10-12-17)27(25,26)18-7-4-3-5-8-18/h3-5,7-12H,6,13-15H2,1-2H3,(H,21,24). The Morgan fingerprint density at radius 3 is 2.26 bits per heavy atom. The SMILES string of the molecule is CN(C)CCCNC(=O)CN(c1ccc(I)cc1)S(=O)(=O)c1ccccc1. The lowest BCUT2D eigenvalue weighted by atomic mass is 10.3. The second-order valence-electron chi connectivity index (χ2n) is 6.31. The number of nitrogens with one attached hydrogen (secondary N) is 1. The topological polar surface area (TPSA) is 69.7 Å². The van der Waals surface area contributed by atoms with Gasteiger partial charge >= 0.3 is 0 Å². The first-order chi connectivity index (χ1) is 12.8. The second kappa shape index (κ2) is 10.0. The van der Waals surface area contributed by atoms with Crippen molar-refractivity contribution in [3.05, 3.63) is 58.2 Å². The summed E-state index contributed by atoms with van der Waals surface area (Å²) in [5.41, 5.74) is 0.461. The van der Waals surface area contributed by atoms with Crippen LogP contribution in [0.2, 0.25) is 0 Å². The van der Waals surface area contributed by atoms with Crippen LogP contribution in [-0.2, 0) is 14.8 Å². The van der Waals surface area contributed by atoms with Gasteiger partial charge in [-0.3, -0.25) is 9.10 Å². The Morgan fingerprint density at radius 2 is 1.67 bits per heavy atom. The minimum atomic E-state index is -3.84. The average molecular weight is 501 g/mol. The van der Waals surface area contributed by atoms with Crippen molar-refractivity contribution in [2.24, 2.45) is 0 Å². The highest BCUT2D eigenvalue weighted by molar-refractivity contribution is 14.1. The summed E-state index contributed by atoms with van der Waals surface area (Å²) in [6.45, 7) is 1.09. The molecule has 0 atom stereocenters. The Kier molecular flexibility index (Phi) is 8.06. The van der Waals surface area contributed by atoms with Crippen molar-refractivity contribution < 1.29 is 13.2 Å². The molecular weight excluding hydrogens is 477 g/mol. The number of nitrogens with zero attached hydrogens (tertiary/aromatic N) is 2. The van der Waals surface area contributed by atoms with Crippen LogP contribution < -0.4 is 9.62 Å². The van der Waals surface area contributed by atoms with E-state index in [2.05, 4.69) is 27.9 Å². The van der Waals surface area contributed by atoms with Gasteiger partial charge in [-0.1, -0.05) is 18.2 Å². The van der Waals surface area contributed by atoms with Gasteiger partial charge in [0.25, 0.3) is 10.0 Å². The molecular formula is C19H24IN3O3S. The van der Waals surface area contributed by atoms with Gasteiger partial charge in [0.1, 0.15) is 6.54 Å². The summed E-state index contributed by atoms with van der Waals surface area (Å²) in [7, 11) is 0.0858. The van der Waals surface area contributed by atoms with Gasteiger partial charge in [0.2, 0.25) is 5.91 Å². The number of anilines is 1. The Hall–Kier alpha value is -1.65. The number of hydrogen-bond acceptors (Lipinski definition) is 4. The van der Waals surface area contributed by atoms with Crippen LogP contribution in [-0.4, -0.2) is 53.0 Å². The lowest BCUT2D eigenvalue weighted by Gasteiger charge is -2.24. The maximum absolute atomic E-state index is 13.1. The average Bonchev–Trinajstić information content (AvgIpc) is 2.64. The van der Waals surface area contributed by atoms with E-state index < -0.39 is 10.0 Å². The molecule has 0 heterocycles. The van der Waals surface area contributed by atoms with Gasteiger partial charge in [0.15, 0.2) is 0 Å². The summed E-state index contributed by atoms with van der Waals surface area (Å²) in [5.74, 6) is -0.327. The first-order valence-corrected chi connectivity index (χ1v) is 11.1. The highest BCUT2D eigenvalue weighted by Gasteiger charge is 2.26. The number of amides is 1. The van der Waals surface area contributed by atoms with Crippen molar-refractivity contribution in [3.63, 3.8) is 0 Å². The molecule has 0 fully saturated rings. The lowest BCUT2D eigenvalue weighted by molar-refractivity contribution is -0.119. The third-order valence-corrected chi connectivity index (χ3v) is 6.34. The molecule has 27 heavy (non-hydrogen) atoms. The van der Waals surface area contributed by atoms with Crippen LogP contribution >= 0.6 is 22.6 Å². The molecule has 0 aliphatic heterocycles. The van der Waals surface area contributed by atoms with Crippen LogP contribution in [0.3, 0.4) is 0 Å². The summed E-state index contributed by atoms with van der Waals surface area (Å²) >= 11 is 2.15. The monoisotopic (exact) mass is 501 g/mol. The first-order valence-electron chi connectivity index (χ1n) is 8.55. The van der Waals surface area contributed by atoms with E-state index in [0.717, 1.165) is 20.8 Å². The van der Waals surface area contributed by atoms with Gasteiger partial charge in [-0.2, -0.15) is 0 Å². The number of sulfonamides is 1. The molecule has 0 radical (unpaired) electrons. The molecule has 2 aromatic rings. The Labute approximate surface area is 174 Å². The summed E-state index contributed by atoms with van der Waals surface area (Å²) in [4.78, 5) is 14.6. The Morgan fingerprint density at radius 1 is 1.04 bits per heavy atom. The zero-order valence-electron chi connectivity index (χ0n) is 15.4. The molecule has 146 valence electrons. The molecule has 1 N–H and O–H groups in total. The van der Waals surface area contributed by atoms with Crippen LogP contribution in [0.25, 0.3) is 0 Å². The van der Waals surface area contributed by atoms with Crippen molar-refractivity contribution in [1.29, 1.82) is 0 Å². The van der Waals surface area contributed by atoms with E-state index in [0.29, 0.717) is 12.2 Å². The summed E-state index contributed by atoms with van der Waals surface area (Å²) in [6, 6.07) is 15.2. The first kappa shape index (κ1) is 21.6. The molecule has 6 nitrogen and oxygen atoms in total. The third-order valence-electron chi connectivity index (χ3n) is 3.84. The van der Waals surface area contributed by atoms with E-state index in [1.54, 1.807) is 30.3 Å². The number of rotatable bonds is 9. The second-order valence-corrected chi connectivity index (χ2v) is 9.42. The van der Waals surface area contributed by atoms with Gasteiger partial charge in [-0.15, -0.1) is 0 Å². The molecule has 1 amide bonds. The number of halogens is 1. The number of carbonyl (C=O) groups is 1. The highest BCUT2D eigenvalue weighted by atomic mass is 127. The van der Waals surface area contributed by atoms with Crippen LogP contribution in [0.1, 0.15) is 6.42 Å². The normalized spacial score (nSPS) is 11.4. The highest BCUT2D eigenvalue weighted by Crippen LogP contribution is 2.24. The minimum Gasteiger partial charge on any atom is -0.354 e. The summed E-state index contributed by atoms with van der Waals surface area (Å²) in [6.07, 6.45) is 0.799. The molecule has 0 spiro atoms. The van der Waals surface area contributed by atoms with Crippen molar-refractivity contribution in [1.82, 2.24) is 10.2 Å². The molecule has 0 aromatic heterocycles. The minimum absolute atomic E-state index is 0.156. The van der Waals surface area contributed by atoms with Crippen molar-refractivity contribution in [3.8, 4) is 0 Å². The molecule has 0 bridgehead atoms. The fourth-order valence-electron chi connectivity index (χ4n) is 2.45. The van der Waals surface area contributed by atoms with Crippen molar-refractivity contribution in [2.45, 2.75) is 11.3 Å². The molecule has 8 heteroatoms. The van der Waals surface area contributed by atoms with Crippen LogP contribution in [0.4, 0.5) is 5.69 Å². The number of carbonyl (C=O) groups excluding carboxylic acids is 1. The third kappa shape index (κ3) is 6.47. The Balaban J connectivity index is 2.21. The molecule has 2 aromatic carbocycles. The Bertz CT molecular complexity index is 840. The largest absolute Gasteiger partial charge is 0.354 e. The fraction of sp³-hybridized carbons (Fsp3) is 0.316. The van der Waals surface area contributed by atoms with Crippen molar-refractivity contribution >= 4 is 44.2 Å². The molecule has 0 saturated carbocycles. The molecule has 0 aliphatic rings. The molecule has 0 aliphatic carbocycles. The molecule has 2 rings (SSSR count). The fourth-order valence-corrected chi connectivity index (χ4v) is 4.25. The molecule has 0 saturated heterocycles. The van der Waals surface area contributed by atoms with E-state index in [4.69, 9.17) is 0 Å². The van der Waals surface area contributed by atoms with Crippen LogP contribution in [0, 0.1) is 3.57 Å². The van der Waals surface area contributed by atoms with Gasteiger partial charge in [-0.25, -0.2) is 8.42 Å². The van der Waals surface area contributed by atoms with Crippen LogP contribution in [0.5, 0.6) is 0 Å². The van der Waals surface area contributed by atoms with Crippen molar-refractivity contribution in [2.75, 3.05) is 38.0 Å². The predicted molar refractivity (Wildman–Crippen MR) is 116 cm³/mol. The lowest BCUT2D eigenvalue weighted by Crippen LogP contribution is -2.41. The number of hydrogen-bond donors (Lipinski definition) is 1. The summed E-state index contributed by atoms with van der Waals surface area (Å²) in [5, 5.41) is 2.80. The van der Waals surface area contributed by atoms with E-state index in [1.807, 2.05) is 31.1 Å². The van der Waals surface area contributed by atoms with Crippen LogP contribution in [0.15, 0.2) is 59.5 Å². The van der Waals surface area contributed by atoms with E-state index >= 15 is 0 Å². The zero-order valence-corrected chi connectivity index (χ0v) is 18.4. The maximum atomic E-state index is 13.1. The van der Waals surface area contributed by atoms with Gasteiger partial charge in [0.05, 0.1) is 10.6 Å². The van der Waals surface area contributed by atoms with E-state index in [9.17, 15) is 13.2 Å². The van der Waals surface area contributed by atoms with E-state index in [1.165, 1.54) is 12.1 Å². The van der Waals surface area contributed by atoms with Gasteiger partial charge in [-0.05, 0) is 86.0 Å². The summed E-state index contributed by atoms with van der Waals surface area (Å²) < 4.78 is 28.4. The quantitative estimate of drug-likeness (QED) is 0.424. The van der Waals surface area contributed by atoms with E-state index in [-0.39, 0.29) is 17.3 Å². The smallest absolute Gasteiger partial charge is 0.264 e. The number of benzene rings is 2. The molecule has 0 unspecified atom stereocenters. The van der Waals surface area contributed by atoms with Gasteiger partial charge in [0, 0.05) is 10.1 Å². The zero-order chi connectivity index (χ0) is 19.9. The predicted octanol–water partition coefficient (Wildman–Crippen LogP) is 2.55.